The topological polar surface area (TPSA) is 35.2 Å². The van der Waals surface area contributed by atoms with Crippen LogP contribution >= 0.6 is 28.1 Å². The van der Waals surface area contributed by atoms with Gasteiger partial charge in [-0.3, -0.25) is 0 Å². The van der Waals surface area contributed by atoms with Crippen molar-refractivity contribution in [1.29, 1.82) is 0 Å². The quantitative estimate of drug-likeness (QED) is 0.664. The number of anilines is 1. The van der Waals surface area contributed by atoms with Gasteiger partial charge in [0.05, 0.1) is 5.69 Å². The molecule has 0 aliphatic carbocycles. The highest BCUT2D eigenvalue weighted by atomic mass is 79.9. The normalized spacial score (nSPS) is 11.4. The highest BCUT2D eigenvalue weighted by Gasteiger charge is 2.15. The lowest BCUT2D eigenvalue weighted by Gasteiger charge is -2.21. The summed E-state index contributed by atoms with van der Waals surface area (Å²) in [5.74, 6) is -0.441. The molecule has 0 aliphatic rings. The molecular formula is C12H15BrFNOS. The number of nitrogens with two attached hydrogens (primary N) is 1. The fourth-order valence-electron chi connectivity index (χ4n) is 1.28. The Hall–Kier alpha value is -0.680. The molecule has 2 N–H and O–H groups in total. The zero-order valence-electron chi connectivity index (χ0n) is 10.0. The van der Waals surface area contributed by atoms with Crippen molar-refractivity contribution in [1.82, 2.24) is 0 Å². The van der Waals surface area contributed by atoms with Crippen LogP contribution in [0.5, 0.6) is 0 Å². The minimum Gasteiger partial charge on any atom is -0.481 e. The SMILES string of the molecule is CC(C)(C)OC(=S)Cc1cc(N)c(F)cc1Br. The van der Waals surface area contributed by atoms with E-state index >= 15 is 0 Å². The monoisotopic (exact) mass is 319 g/mol. The summed E-state index contributed by atoms with van der Waals surface area (Å²) in [6.45, 7) is 5.77. The van der Waals surface area contributed by atoms with Gasteiger partial charge < -0.3 is 10.5 Å². The van der Waals surface area contributed by atoms with E-state index in [4.69, 9.17) is 22.7 Å². The van der Waals surface area contributed by atoms with Crippen LogP contribution in [0.15, 0.2) is 16.6 Å². The summed E-state index contributed by atoms with van der Waals surface area (Å²) in [4.78, 5) is 0. The van der Waals surface area contributed by atoms with E-state index in [1.165, 1.54) is 6.07 Å². The molecule has 17 heavy (non-hydrogen) atoms. The predicted molar refractivity (Wildman–Crippen MR) is 75.7 cm³/mol. The third kappa shape index (κ3) is 4.60. The number of rotatable bonds is 2. The van der Waals surface area contributed by atoms with E-state index < -0.39 is 5.82 Å². The summed E-state index contributed by atoms with van der Waals surface area (Å²) in [6, 6.07) is 2.90. The Morgan fingerprint density at radius 1 is 1.47 bits per heavy atom. The van der Waals surface area contributed by atoms with Gasteiger partial charge in [0.2, 0.25) is 0 Å². The van der Waals surface area contributed by atoms with Gasteiger partial charge in [-0.15, -0.1) is 0 Å². The summed E-state index contributed by atoms with van der Waals surface area (Å²) in [5.41, 5.74) is 6.12. The van der Waals surface area contributed by atoms with Crippen LogP contribution in [0, 0.1) is 5.82 Å². The number of halogens is 2. The first-order valence-corrected chi connectivity index (χ1v) is 6.34. The van der Waals surface area contributed by atoms with Crippen molar-refractivity contribution in [3.8, 4) is 0 Å². The number of nitrogen functional groups attached to an aromatic ring is 1. The molecule has 0 amide bonds. The van der Waals surface area contributed by atoms with E-state index in [0.29, 0.717) is 15.9 Å². The van der Waals surface area contributed by atoms with E-state index in [1.807, 2.05) is 20.8 Å². The molecule has 94 valence electrons. The Labute approximate surface area is 114 Å². The standard InChI is InChI=1S/C12H15BrFNOS/c1-12(2,3)16-11(17)5-7-4-10(15)9(14)6-8(7)13/h4,6H,5,15H2,1-3H3. The molecule has 0 heterocycles. The molecule has 1 aromatic rings. The Morgan fingerprint density at radius 3 is 2.59 bits per heavy atom. The van der Waals surface area contributed by atoms with Gasteiger partial charge in [0.1, 0.15) is 11.4 Å². The van der Waals surface area contributed by atoms with Gasteiger partial charge in [0, 0.05) is 10.9 Å². The molecule has 0 radical (unpaired) electrons. The summed E-state index contributed by atoms with van der Waals surface area (Å²) in [7, 11) is 0. The molecule has 1 rings (SSSR count). The van der Waals surface area contributed by atoms with E-state index in [1.54, 1.807) is 6.07 Å². The fraction of sp³-hybridized carbons (Fsp3) is 0.417. The maximum Gasteiger partial charge on any atom is 0.164 e. The Bertz CT molecular complexity index is 443. The zero-order chi connectivity index (χ0) is 13.2. The third-order valence-corrected chi connectivity index (χ3v) is 2.89. The number of thiocarbonyl (C=S) groups is 1. The summed E-state index contributed by atoms with van der Waals surface area (Å²) in [5, 5.41) is 0.462. The molecule has 0 spiro atoms. The minimum atomic E-state index is -0.441. The molecule has 0 bridgehead atoms. The Morgan fingerprint density at radius 2 is 2.06 bits per heavy atom. The van der Waals surface area contributed by atoms with Crippen LogP contribution in [0.3, 0.4) is 0 Å². The largest absolute Gasteiger partial charge is 0.481 e. The summed E-state index contributed by atoms with van der Waals surface area (Å²) < 4.78 is 19.3. The maximum atomic E-state index is 13.1. The van der Waals surface area contributed by atoms with Crippen LogP contribution in [0.1, 0.15) is 26.3 Å². The van der Waals surface area contributed by atoms with Crippen LogP contribution in [0.4, 0.5) is 10.1 Å². The average Bonchev–Trinajstić information content (AvgIpc) is 2.11. The molecule has 0 saturated carbocycles. The number of ether oxygens (including phenoxy) is 1. The van der Waals surface area contributed by atoms with Crippen LogP contribution < -0.4 is 5.73 Å². The molecule has 0 aromatic heterocycles. The molecule has 0 saturated heterocycles. The predicted octanol–water partition coefficient (Wildman–Crippen LogP) is 3.86. The number of hydrogen-bond acceptors (Lipinski definition) is 3. The van der Waals surface area contributed by atoms with Crippen LogP contribution in [0.2, 0.25) is 0 Å². The molecule has 5 heteroatoms. The van der Waals surface area contributed by atoms with Gasteiger partial charge in [-0.2, -0.15) is 0 Å². The first-order valence-electron chi connectivity index (χ1n) is 5.14. The van der Waals surface area contributed by atoms with E-state index in [0.717, 1.165) is 5.56 Å². The average molecular weight is 320 g/mol. The fourth-order valence-corrected chi connectivity index (χ4v) is 2.14. The van der Waals surface area contributed by atoms with Crippen molar-refractivity contribution in [2.75, 3.05) is 5.73 Å². The molecular weight excluding hydrogens is 305 g/mol. The summed E-state index contributed by atoms with van der Waals surface area (Å²) in [6.07, 6.45) is 0.428. The van der Waals surface area contributed by atoms with Crippen molar-refractivity contribution >= 4 is 38.9 Å². The Kier molecular flexibility index (Phi) is 4.49. The molecule has 0 aliphatic heterocycles. The lowest BCUT2D eigenvalue weighted by atomic mass is 10.1. The second-order valence-corrected chi connectivity index (χ2v) is 6.04. The van der Waals surface area contributed by atoms with Crippen molar-refractivity contribution in [3.63, 3.8) is 0 Å². The number of hydrogen-bond donors (Lipinski definition) is 1. The highest BCUT2D eigenvalue weighted by molar-refractivity contribution is 9.10. The first-order chi connectivity index (χ1) is 7.69. The second kappa shape index (κ2) is 5.31. The lowest BCUT2D eigenvalue weighted by molar-refractivity contribution is 0.118. The second-order valence-electron chi connectivity index (χ2n) is 4.73. The van der Waals surface area contributed by atoms with Gasteiger partial charge in [0.15, 0.2) is 5.05 Å². The molecule has 1 aromatic carbocycles. The summed E-state index contributed by atoms with van der Waals surface area (Å²) >= 11 is 8.42. The van der Waals surface area contributed by atoms with Crippen molar-refractivity contribution in [2.24, 2.45) is 0 Å². The van der Waals surface area contributed by atoms with E-state index in [2.05, 4.69) is 15.9 Å². The van der Waals surface area contributed by atoms with Crippen molar-refractivity contribution < 1.29 is 9.13 Å². The van der Waals surface area contributed by atoms with Gasteiger partial charge in [-0.1, -0.05) is 15.9 Å². The van der Waals surface area contributed by atoms with Crippen LogP contribution in [-0.4, -0.2) is 10.7 Å². The molecule has 0 fully saturated rings. The van der Waals surface area contributed by atoms with Crippen LogP contribution in [0.25, 0.3) is 0 Å². The molecule has 0 atom stereocenters. The number of benzene rings is 1. The van der Waals surface area contributed by atoms with Crippen molar-refractivity contribution in [2.45, 2.75) is 32.8 Å². The first kappa shape index (κ1) is 14.4. The minimum absolute atomic E-state index is 0.113. The molecule has 0 unspecified atom stereocenters. The smallest absolute Gasteiger partial charge is 0.164 e. The van der Waals surface area contributed by atoms with E-state index in [9.17, 15) is 4.39 Å². The van der Waals surface area contributed by atoms with E-state index in [-0.39, 0.29) is 11.3 Å². The highest BCUT2D eigenvalue weighted by Crippen LogP contribution is 2.24. The zero-order valence-corrected chi connectivity index (χ0v) is 12.4. The van der Waals surface area contributed by atoms with Crippen molar-refractivity contribution in [3.05, 3.63) is 28.0 Å². The Balaban J connectivity index is 2.82. The van der Waals surface area contributed by atoms with Gasteiger partial charge in [-0.25, -0.2) is 4.39 Å². The van der Waals surface area contributed by atoms with Gasteiger partial charge >= 0.3 is 0 Å². The lowest BCUT2D eigenvalue weighted by Crippen LogP contribution is -2.24. The van der Waals surface area contributed by atoms with Crippen LogP contribution in [-0.2, 0) is 11.2 Å². The molecule has 2 nitrogen and oxygen atoms in total. The maximum absolute atomic E-state index is 13.1. The third-order valence-electron chi connectivity index (χ3n) is 1.92. The van der Waals surface area contributed by atoms with Gasteiger partial charge in [-0.05, 0) is 50.7 Å². The van der Waals surface area contributed by atoms with Gasteiger partial charge in [0.25, 0.3) is 0 Å².